The zero-order valence-electron chi connectivity index (χ0n) is 14.7. The second-order valence-corrected chi connectivity index (χ2v) is 12.3. The number of carbonyl (C=O) groups is 1. The van der Waals surface area contributed by atoms with Gasteiger partial charge in [-0.05, 0) is 24.0 Å². The Hall–Kier alpha value is -1.61. The van der Waals surface area contributed by atoms with Crippen LogP contribution in [0.1, 0.15) is 26.3 Å². The first-order chi connectivity index (χ1) is 10.2. The molecule has 1 aromatic rings. The highest BCUT2D eigenvalue weighted by Crippen LogP contribution is 2.17. The Morgan fingerprint density at radius 3 is 2.18 bits per heavy atom. The van der Waals surface area contributed by atoms with Crippen molar-refractivity contribution in [2.24, 2.45) is 5.92 Å². The highest BCUT2D eigenvalue weighted by atomic mass is 28.3. The molecular formula is C19H29NOSi. The summed E-state index contributed by atoms with van der Waals surface area (Å²) in [6, 6.07) is 10.2. The average Bonchev–Trinajstić information content (AvgIpc) is 2.43. The minimum Gasteiger partial charge on any atom is -0.350 e. The van der Waals surface area contributed by atoms with Gasteiger partial charge in [-0.25, -0.2) is 0 Å². The van der Waals surface area contributed by atoms with Gasteiger partial charge in [0.1, 0.15) is 0 Å². The van der Waals surface area contributed by atoms with Crippen LogP contribution in [0.25, 0.3) is 5.57 Å². The Labute approximate surface area is 136 Å². The first kappa shape index (κ1) is 18.4. The van der Waals surface area contributed by atoms with Crippen LogP contribution in [0, 0.1) is 5.92 Å². The third kappa shape index (κ3) is 6.90. The van der Waals surface area contributed by atoms with E-state index in [9.17, 15) is 4.79 Å². The third-order valence-electron chi connectivity index (χ3n) is 3.53. The molecule has 120 valence electrons. The minimum atomic E-state index is -1.31. The smallest absolute Gasteiger partial charge is 0.244 e. The molecule has 0 aromatic heterocycles. The van der Waals surface area contributed by atoms with Crippen molar-refractivity contribution in [2.75, 3.05) is 0 Å². The summed E-state index contributed by atoms with van der Waals surface area (Å²) in [5, 5.41) is 3.04. The lowest BCUT2D eigenvalue weighted by atomic mass is 10.0. The number of hydrogen-bond donors (Lipinski definition) is 1. The molecule has 22 heavy (non-hydrogen) atoms. The molecule has 0 radical (unpaired) electrons. The van der Waals surface area contributed by atoms with Crippen molar-refractivity contribution in [3.63, 3.8) is 0 Å². The molecule has 1 atom stereocenters. The molecule has 0 saturated carbocycles. The van der Waals surface area contributed by atoms with Gasteiger partial charge in [0.25, 0.3) is 0 Å². The molecular weight excluding hydrogens is 286 g/mol. The fourth-order valence-corrected chi connectivity index (χ4v) is 2.45. The summed E-state index contributed by atoms with van der Waals surface area (Å²) in [5.74, 6) is 0.398. The van der Waals surface area contributed by atoms with Crippen molar-refractivity contribution in [3.8, 4) is 0 Å². The van der Waals surface area contributed by atoms with Gasteiger partial charge in [0.15, 0.2) is 0 Å². The molecule has 1 amide bonds. The van der Waals surface area contributed by atoms with Crippen LogP contribution >= 0.6 is 0 Å². The van der Waals surface area contributed by atoms with Crippen molar-refractivity contribution in [1.29, 1.82) is 0 Å². The van der Waals surface area contributed by atoms with Gasteiger partial charge in [0.2, 0.25) is 5.91 Å². The van der Waals surface area contributed by atoms with E-state index in [1.165, 1.54) is 0 Å². The van der Waals surface area contributed by atoms with Crippen LogP contribution in [0.15, 0.2) is 48.2 Å². The van der Waals surface area contributed by atoms with Gasteiger partial charge >= 0.3 is 0 Å². The van der Waals surface area contributed by atoms with Crippen LogP contribution in [0.2, 0.25) is 19.6 Å². The number of allylic oxidation sites excluding steroid dienone is 2. The van der Waals surface area contributed by atoms with E-state index in [-0.39, 0.29) is 11.9 Å². The SMILES string of the molecule is CC(C)[C@H](C)NC(=O)/C=C(\C=C\[Si](C)(C)C)c1ccccc1. The lowest BCUT2D eigenvalue weighted by molar-refractivity contribution is -0.117. The first-order valence-corrected chi connectivity index (χ1v) is 11.5. The molecule has 3 heteroatoms. The monoisotopic (exact) mass is 315 g/mol. The Bertz CT molecular complexity index is 538. The molecule has 0 saturated heterocycles. The Balaban J connectivity index is 3.02. The van der Waals surface area contributed by atoms with Crippen LogP contribution in [-0.2, 0) is 4.79 Å². The first-order valence-electron chi connectivity index (χ1n) is 7.96. The van der Waals surface area contributed by atoms with E-state index in [0.29, 0.717) is 5.92 Å². The molecule has 1 N–H and O–H groups in total. The molecule has 0 bridgehead atoms. The number of amides is 1. The second kappa shape index (κ2) is 8.13. The fourth-order valence-electron chi connectivity index (χ4n) is 1.77. The van der Waals surface area contributed by atoms with E-state index in [2.05, 4.69) is 50.6 Å². The Morgan fingerprint density at radius 2 is 1.68 bits per heavy atom. The maximum atomic E-state index is 12.3. The third-order valence-corrected chi connectivity index (χ3v) is 4.69. The predicted octanol–water partition coefficient (Wildman–Crippen LogP) is 4.66. The normalized spacial score (nSPS) is 14.4. The summed E-state index contributed by atoms with van der Waals surface area (Å²) in [6.45, 7) is 13.1. The van der Waals surface area contributed by atoms with Crippen LogP contribution in [-0.4, -0.2) is 20.0 Å². The van der Waals surface area contributed by atoms with Crippen molar-refractivity contribution < 1.29 is 4.79 Å². The van der Waals surface area contributed by atoms with E-state index < -0.39 is 8.07 Å². The molecule has 0 aliphatic rings. The van der Waals surface area contributed by atoms with Crippen molar-refractivity contribution in [1.82, 2.24) is 5.32 Å². The number of nitrogens with one attached hydrogen (secondary N) is 1. The fraction of sp³-hybridized carbons (Fsp3) is 0.421. The van der Waals surface area contributed by atoms with Gasteiger partial charge < -0.3 is 5.32 Å². The largest absolute Gasteiger partial charge is 0.350 e. The molecule has 2 nitrogen and oxygen atoms in total. The molecule has 0 aliphatic carbocycles. The topological polar surface area (TPSA) is 29.1 Å². The van der Waals surface area contributed by atoms with E-state index in [1.807, 2.05) is 37.3 Å². The number of benzene rings is 1. The highest BCUT2D eigenvalue weighted by molar-refractivity contribution is 6.81. The molecule has 1 rings (SSSR count). The quantitative estimate of drug-likeness (QED) is 0.461. The van der Waals surface area contributed by atoms with Gasteiger partial charge in [0, 0.05) is 12.1 Å². The Morgan fingerprint density at radius 1 is 1.09 bits per heavy atom. The van der Waals surface area contributed by atoms with Gasteiger partial charge in [-0.2, -0.15) is 0 Å². The van der Waals surface area contributed by atoms with Gasteiger partial charge in [-0.1, -0.05) is 75.6 Å². The van der Waals surface area contributed by atoms with Crippen LogP contribution in [0.4, 0.5) is 0 Å². The summed E-state index contributed by atoms with van der Waals surface area (Å²) in [4.78, 5) is 12.3. The summed E-state index contributed by atoms with van der Waals surface area (Å²) < 4.78 is 0. The van der Waals surface area contributed by atoms with Gasteiger partial charge in [0.05, 0.1) is 8.07 Å². The van der Waals surface area contributed by atoms with Crippen molar-refractivity contribution >= 4 is 19.6 Å². The van der Waals surface area contributed by atoms with Crippen LogP contribution in [0.5, 0.6) is 0 Å². The highest BCUT2D eigenvalue weighted by Gasteiger charge is 2.11. The maximum Gasteiger partial charge on any atom is 0.244 e. The van der Waals surface area contributed by atoms with Crippen molar-refractivity contribution in [3.05, 3.63) is 53.7 Å². The molecule has 0 spiro atoms. The summed E-state index contributed by atoms with van der Waals surface area (Å²) in [7, 11) is -1.31. The molecule has 0 fully saturated rings. The number of rotatable bonds is 6. The molecule has 0 heterocycles. The zero-order valence-corrected chi connectivity index (χ0v) is 15.7. The minimum absolute atomic E-state index is 0.0275. The predicted molar refractivity (Wildman–Crippen MR) is 99.3 cm³/mol. The van der Waals surface area contributed by atoms with Gasteiger partial charge in [-0.15, -0.1) is 0 Å². The zero-order chi connectivity index (χ0) is 16.8. The molecule has 0 aliphatic heterocycles. The standard InChI is InChI=1S/C19H29NOSi/c1-15(2)16(3)20-19(21)14-18(12-13-22(4,5)6)17-10-8-7-9-11-17/h7-16H,1-6H3,(H,20,21)/b13-12+,18-14+/t16-/m0/s1. The Kier molecular flexibility index (Phi) is 6.82. The van der Waals surface area contributed by atoms with Crippen LogP contribution in [0.3, 0.4) is 0 Å². The molecule has 1 aromatic carbocycles. The number of hydrogen-bond acceptors (Lipinski definition) is 1. The summed E-state index contributed by atoms with van der Waals surface area (Å²) in [5.41, 5.74) is 4.31. The number of carbonyl (C=O) groups excluding carboxylic acids is 1. The molecule has 0 unspecified atom stereocenters. The van der Waals surface area contributed by atoms with Crippen molar-refractivity contribution in [2.45, 2.75) is 46.5 Å². The lowest BCUT2D eigenvalue weighted by Gasteiger charge is -2.16. The van der Waals surface area contributed by atoms with E-state index in [1.54, 1.807) is 6.08 Å². The summed E-state index contributed by atoms with van der Waals surface area (Å²) in [6.07, 6.45) is 3.81. The van der Waals surface area contributed by atoms with Gasteiger partial charge in [-0.3, -0.25) is 4.79 Å². The van der Waals surface area contributed by atoms with E-state index in [0.717, 1.165) is 11.1 Å². The average molecular weight is 316 g/mol. The van der Waals surface area contributed by atoms with Crippen LogP contribution < -0.4 is 5.32 Å². The maximum absolute atomic E-state index is 12.3. The second-order valence-electron chi connectivity index (χ2n) is 7.21. The van der Waals surface area contributed by atoms with E-state index in [4.69, 9.17) is 0 Å². The van der Waals surface area contributed by atoms with E-state index >= 15 is 0 Å². The summed E-state index contributed by atoms with van der Waals surface area (Å²) >= 11 is 0. The lowest BCUT2D eigenvalue weighted by Crippen LogP contribution is -2.35.